The predicted octanol–water partition coefficient (Wildman–Crippen LogP) is 2.34. The van der Waals surface area contributed by atoms with E-state index < -0.39 is 5.26 Å². The van der Waals surface area contributed by atoms with E-state index in [4.69, 9.17) is 0 Å². The summed E-state index contributed by atoms with van der Waals surface area (Å²) in [6, 6.07) is 3.68. The van der Waals surface area contributed by atoms with Crippen LogP contribution in [-0.2, 0) is 0 Å². The average molecular weight is 307 g/mol. The Labute approximate surface area is 91.2 Å². The number of pyridine rings is 1. The second kappa shape index (κ2) is 3.62. The van der Waals surface area contributed by atoms with Crippen molar-refractivity contribution in [3.05, 3.63) is 27.3 Å². The molecule has 0 saturated carbocycles. The van der Waals surface area contributed by atoms with Crippen LogP contribution in [0.25, 0.3) is 10.6 Å². The minimum Gasteiger partial charge on any atom is -0.250 e. The van der Waals surface area contributed by atoms with Crippen LogP contribution in [0.1, 0.15) is 0 Å². The van der Waals surface area contributed by atoms with Crippen LogP contribution in [0.3, 0.4) is 0 Å². The quantitative estimate of drug-likeness (QED) is 0.599. The molecule has 0 spiro atoms. The van der Waals surface area contributed by atoms with Gasteiger partial charge in [0.15, 0.2) is 5.01 Å². The van der Waals surface area contributed by atoms with Crippen LogP contribution < -0.4 is 0 Å². The molecule has 66 valence electrons. The Kier molecular flexibility index (Phi) is 2.49. The Bertz CT molecular complexity index is 414. The van der Waals surface area contributed by atoms with Crippen LogP contribution >= 0.6 is 33.9 Å². The second-order valence-electron chi connectivity index (χ2n) is 2.23. The summed E-state index contributed by atoms with van der Waals surface area (Å²) in [4.78, 5) is 4.07. The van der Waals surface area contributed by atoms with Crippen molar-refractivity contribution < 1.29 is 4.39 Å². The van der Waals surface area contributed by atoms with Crippen molar-refractivity contribution in [3.63, 3.8) is 0 Å². The highest BCUT2D eigenvalue weighted by Crippen LogP contribution is 2.21. The molecule has 2 aromatic rings. The van der Waals surface area contributed by atoms with Gasteiger partial charge in [-0.25, -0.2) is 4.98 Å². The lowest BCUT2D eigenvalue weighted by Crippen LogP contribution is -1.81. The van der Waals surface area contributed by atoms with E-state index in [1.54, 1.807) is 6.20 Å². The lowest BCUT2D eigenvalue weighted by atomic mass is 10.3. The molecule has 0 aromatic carbocycles. The van der Waals surface area contributed by atoms with Crippen LogP contribution in [0, 0.1) is 8.96 Å². The highest BCUT2D eigenvalue weighted by atomic mass is 127. The third-order valence-electron chi connectivity index (χ3n) is 1.37. The fourth-order valence-electron chi connectivity index (χ4n) is 0.824. The smallest absolute Gasteiger partial charge is 0.250 e. The molecular formula is C7H3FIN3S. The first-order valence-corrected chi connectivity index (χ1v) is 5.26. The zero-order valence-corrected chi connectivity index (χ0v) is 9.21. The maximum absolute atomic E-state index is 12.5. The van der Waals surface area contributed by atoms with Crippen molar-refractivity contribution in [2.24, 2.45) is 0 Å². The number of hydrogen-bond donors (Lipinski definition) is 0. The predicted molar refractivity (Wildman–Crippen MR) is 55.8 cm³/mol. The van der Waals surface area contributed by atoms with Gasteiger partial charge in [0.2, 0.25) is 0 Å². The molecule has 0 saturated heterocycles. The number of nitrogens with zero attached hydrogens (tertiary/aromatic N) is 3. The minimum absolute atomic E-state index is 0.520. The Morgan fingerprint density at radius 2 is 2.15 bits per heavy atom. The van der Waals surface area contributed by atoms with E-state index in [0.717, 1.165) is 20.6 Å². The molecule has 0 N–H and O–H groups in total. The van der Waals surface area contributed by atoms with Crippen molar-refractivity contribution in [2.45, 2.75) is 0 Å². The Hall–Kier alpha value is -0.630. The zero-order valence-electron chi connectivity index (χ0n) is 6.24. The van der Waals surface area contributed by atoms with E-state index in [1.807, 2.05) is 12.1 Å². The normalized spacial score (nSPS) is 10.3. The van der Waals surface area contributed by atoms with Gasteiger partial charge < -0.3 is 0 Å². The molecule has 0 amide bonds. The van der Waals surface area contributed by atoms with E-state index in [-0.39, 0.29) is 0 Å². The molecule has 0 fully saturated rings. The Morgan fingerprint density at radius 3 is 2.69 bits per heavy atom. The maximum atomic E-state index is 12.5. The van der Waals surface area contributed by atoms with Crippen LogP contribution in [0.15, 0.2) is 18.3 Å². The molecule has 2 heterocycles. The lowest BCUT2D eigenvalue weighted by Gasteiger charge is -1.92. The number of hydrogen-bond acceptors (Lipinski definition) is 4. The molecular weight excluding hydrogens is 304 g/mol. The van der Waals surface area contributed by atoms with Gasteiger partial charge in [-0.3, -0.25) is 0 Å². The topological polar surface area (TPSA) is 38.7 Å². The molecule has 2 aromatic heterocycles. The number of halogens is 2. The summed E-state index contributed by atoms with van der Waals surface area (Å²) in [7, 11) is 0. The summed E-state index contributed by atoms with van der Waals surface area (Å²) in [5.74, 6) is 0. The maximum Gasteiger partial charge on any atom is 0.289 e. The number of rotatable bonds is 1. The van der Waals surface area contributed by atoms with Gasteiger partial charge in [-0.2, -0.15) is 4.39 Å². The lowest BCUT2D eigenvalue weighted by molar-refractivity contribution is 0.601. The standard InChI is InChI=1S/C7H3FIN3S/c8-7-12-11-6(13-7)4-1-2-5(9)10-3-4/h1-3H. The van der Waals surface area contributed by atoms with Gasteiger partial charge in [0.05, 0.1) is 0 Å². The number of aromatic nitrogens is 3. The highest BCUT2D eigenvalue weighted by Gasteiger charge is 2.05. The van der Waals surface area contributed by atoms with E-state index in [0.29, 0.717) is 5.01 Å². The molecule has 6 heteroatoms. The van der Waals surface area contributed by atoms with Gasteiger partial charge in [-0.15, -0.1) is 10.2 Å². The molecule has 2 rings (SSSR count). The van der Waals surface area contributed by atoms with E-state index in [9.17, 15) is 4.39 Å². The molecule has 0 unspecified atom stereocenters. The van der Waals surface area contributed by atoms with Gasteiger partial charge >= 0.3 is 0 Å². The third kappa shape index (κ3) is 1.99. The van der Waals surface area contributed by atoms with Crippen molar-refractivity contribution >= 4 is 33.9 Å². The van der Waals surface area contributed by atoms with Crippen molar-refractivity contribution in [1.82, 2.24) is 15.2 Å². The van der Waals surface area contributed by atoms with Gasteiger partial charge in [0, 0.05) is 11.8 Å². The largest absolute Gasteiger partial charge is 0.289 e. The second-order valence-corrected chi connectivity index (χ2v) is 4.26. The Balaban J connectivity index is 2.41. The molecule has 3 nitrogen and oxygen atoms in total. The van der Waals surface area contributed by atoms with E-state index in [1.165, 1.54) is 0 Å². The van der Waals surface area contributed by atoms with Crippen LogP contribution in [0.2, 0.25) is 0 Å². The van der Waals surface area contributed by atoms with Gasteiger partial charge in [-0.1, -0.05) is 11.3 Å². The molecule has 0 aliphatic rings. The summed E-state index contributed by atoms with van der Waals surface area (Å²) in [6.45, 7) is 0. The summed E-state index contributed by atoms with van der Waals surface area (Å²) >= 11 is 3.02. The summed E-state index contributed by atoms with van der Waals surface area (Å²) in [5, 5.41) is 6.99. The van der Waals surface area contributed by atoms with Gasteiger partial charge in [0.25, 0.3) is 5.26 Å². The minimum atomic E-state index is -0.520. The van der Waals surface area contributed by atoms with Crippen LogP contribution in [0.4, 0.5) is 4.39 Å². The molecule has 13 heavy (non-hydrogen) atoms. The molecule has 0 aliphatic carbocycles. The van der Waals surface area contributed by atoms with Crippen LogP contribution in [0.5, 0.6) is 0 Å². The van der Waals surface area contributed by atoms with Crippen molar-refractivity contribution in [2.75, 3.05) is 0 Å². The third-order valence-corrected chi connectivity index (χ3v) is 2.77. The first-order valence-electron chi connectivity index (χ1n) is 3.36. The summed E-state index contributed by atoms with van der Waals surface area (Å²) < 4.78 is 13.4. The van der Waals surface area contributed by atoms with Crippen molar-refractivity contribution in [1.29, 1.82) is 0 Å². The first-order chi connectivity index (χ1) is 6.25. The van der Waals surface area contributed by atoms with E-state index in [2.05, 4.69) is 37.8 Å². The monoisotopic (exact) mass is 307 g/mol. The highest BCUT2D eigenvalue weighted by molar-refractivity contribution is 14.1. The summed E-state index contributed by atoms with van der Waals surface area (Å²) in [6.07, 6.45) is 1.65. The SMILES string of the molecule is Fc1nnc(-c2ccc(I)nc2)s1. The Morgan fingerprint density at radius 1 is 1.31 bits per heavy atom. The van der Waals surface area contributed by atoms with E-state index >= 15 is 0 Å². The summed E-state index contributed by atoms with van der Waals surface area (Å²) in [5.41, 5.74) is 0.793. The molecule has 0 aliphatic heterocycles. The fourth-order valence-corrected chi connectivity index (χ4v) is 1.70. The first kappa shape index (κ1) is 8.95. The van der Waals surface area contributed by atoms with Gasteiger partial charge in [0.1, 0.15) is 3.70 Å². The molecule has 0 atom stereocenters. The van der Waals surface area contributed by atoms with Gasteiger partial charge in [-0.05, 0) is 34.7 Å². The zero-order chi connectivity index (χ0) is 9.26. The molecule has 0 bridgehead atoms. The molecule has 0 radical (unpaired) electrons. The van der Waals surface area contributed by atoms with Crippen molar-refractivity contribution in [3.8, 4) is 10.6 Å². The van der Waals surface area contributed by atoms with Crippen LogP contribution in [-0.4, -0.2) is 15.2 Å². The fraction of sp³-hybridized carbons (Fsp3) is 0. The average Bonchev–Trinajstić information content (AvgIpc) is 2.53.